The van der Waals surface area contributed by atoms with Gasteiger partial charge in [-0.15, -0.1) is 0 Å². The minimum absolute atomic E-state index is 0.296. The van der Waals surface area contributed by atoms with Crippen molar-refractivity contribution in [1.29, 1.82) is 0 Å². The average molecular weight is 287 g/mol. The van der Waals surface area contributed by atoms with Gasteiger partial charge in [-0.3, -0.25) is 4.68 Å². The van der Waals surface area contributed by atoms with Gasteiger partial charge in [-0.05, 0) is 31.2 Å². The van der Waals surface area contributed by atoms with Crippen LogP contribution in [0.15, 0.2) is 30.5 Å². The van der Waals surface area contributed by atoms with E-state index in [0.29, 0.717) is 19.3 Å². The molecule has 112 valence electrons. The van der Waals surface area contributed by atoms with Crippen LogP contribution in [0.2, 0.25) is 0 Å². The van der Waals surface area contributed by atoms with E-state index in [9.17, 15) is 0 Å². The normalized spacial score (nSPS) is 16.6. The maximum atomic E-state index is 5.77. The SMILES string of the molecule is CCCNC1COc2cc(OCc3ccn(C)n3)ccc21. The second-order valence-corrected chi connectivity index (χ2v) is 5.29. The number of hydrogen-bond acceptors (Lipinski definition) is 4. The third-order valence-electron chi connectivity index (χ3n) is 3.56. The summed E-state index contributed by atoms with van der Waals surface area (Å²) in [5.74, 6) is 1.73. The molecule has 0 fully saturated rings. The van der Waals surface area contributed by atoms with E-state index >= 15 is 0 Å². The number of ether oxygens (including phenoxy) is 2. The van der Waals surface area contributed by atoms with Crippen LogP contribution in [0.4, 0.5) is 0 Å². The summed E-state index contributed by atoms with van der Waals surface area (Å²) in [6.07, 6.45) is 3.03. The molecule has 5 nitrogen and oxygen atoms in total. The van der Waals surface area contributed by atoms with Crippen molar-refractivity contribution < 1.29 is 9.47 Å². The molecule has 1 aromatic carbocycles. The van der Waals surface area contributed by atoms with Gasteiger partial charge in [0.15, 0.2) is 0 Å². The molecule has 0 spiro atoms. The first-order chi connectivity index (χ1) is 10.3. The highest BCUT2D eigenvalue weighted by Crippen LogP contribution is 2.35. The zero-order valence-electron chi connectivity index (χ0n) is 12.5. The third-order valence-corrected chi connectivity index (χ3v) is 3.56. The lowest BCUT2D eigenvalue weighted by atomic mass is 10.1. The zero-order chi connectivity index (χ0) is 14.7. The van der Waals surface area contributed by atoms with E-state index in [2.05, 4.69) is 23.4 Å². The Kier molecular flexibility index (Phi) is 4.10. The van der Waals surface area contributed by atoms with Crippen LogP contribution >= 0.6 is 0 Å². The van der Waals surface area contributed by atoms with Crippen molar-refractivity contribution in [2.75, 3.05) is 13.2 Å². The molecule has 0 bridgehead atoms. The minimum atomic E-state index is 0.296. The van der Waals surface area contributed by atoms with Gasteiger partial charge in [0.25, 0.3) is 0 Å². The van der Waals surface area contributed by atoms with Crippen molar-refractivity contribution in [3.8, 4) is 11.5 Å². The monoisotopic (exact) mass is 287 g/mol. The molecule has 1 aliphatic heterocycles. The summed E-state index contributed by atoms with van der Waals surface area (Å²) in [5, 5.41) is 7.78. The smallest absolute Gasteiger partial charge is 0.132 e. The number of hydrogen-bond donors (Lipinski definition) is 1. The van der Waals surface area contributed by atoms with E-state index in [1.807, 2.05) is 31.4 Å². The van der Waals surface area contributed by atoms with Gasteiger partial charge in [0, 0.05) is 24.9 Å². The number of nitrogens with zero attached hydrogens (tertiary/aromatic N) is 2. The fourth-order valence-corrected chi connectivity index (χ4v) is 2.47. The molecule has 21 heavy (non-hydrogen) atoms. The van der Waals surface area contributed by atoms with E-state index in [0.717, 1.165) is 30.2 Å². The summed E-state index contributed by atoms with van der Waals surface area (Å²) < 4.78 is 13.3. The quantitative estimate of drug-likeness (QED) is 0.886. The first-order valence-corrected chi connectivity index (χ1v) is 7.37. The summed E-state index contributed by atoms with van der Waals surface area (Å²) in [6.45, 7) is 4.33. The molecule has 0 saturated carbocycles. The molecule has 2 aromatic rings. The van der Waals surface area contributed by atoms with Crippen molar-refractivity contribution in [3.63, 3.8) is 0 Å². The molecule has 5 heteroatoms. The summed E-state index contributed by atoms with van der Waals surface area (Å²) in [6, 6.07) is 8.30. The second-order valence-electron chi connectivity index (χ2n) is 5.29. The lowest BCUT2D eigenvalue weighted by Crippen LogP contribution is -2.22. The number of rotatable bonds is 6. The van der Waals surface area contributed by atoms with Gasteiger partial charge < -0.3 is 14.8 Å². The molecule has 1 unspecified atom stereocenters. The van der Waals surface area contributed by atoms with E-state index in [-0.39, 0.29) is 0 Å². The summed E-state index contributed by atoms with van der Waals surface area (Å²) in [7, 11) is 1.90. The van der Waals surface area contributed by atoms with Gasteiger partial charge in [0.2, 0.25) is 0 Å². The lowest BCUT2D eigenvalue weighted by molar-refractivity contribution is 0.293. The molecular formula is C16H21N3O2. The predicted molar refractivity (Wildman–Crippen MR) is 80.5 cm³/mol. The van der Waals surface area contributed by atoms with Crippen LogP contribution in [0, 0.1) is 0 Å². The standard InChI is InChI=1S/C16H21N3O2/c1-3-7-17-15-11-21-16-9-13(4-5-14(15)16)20-10-12-6-8-19(2)18-12/h4-6,8-9,15,17H,3,7,10-11H2,1-2H3. The number of aryl methyl sites for hydroxylation is 1. The third kappa shape index (κ3) is 3.19. The zero-order valence-corrected chi connectivity index (χ0v) is 12.5. The second kappa shape index (κ2) is 6.18. The van der Waals surface area contributed by atoms with Crippen molar-refractivity contribution in [1.82, 2.24) is 15.1 Å². The molecule has 1 N–H and O–H groups in total. The molecular weight excluding hydrogens is 266 g/mol. The van der Waals surface area contributed by atoms with E-state index in [1.165, 1.54) is 5.56 Å². The number of fused-ring (bicyclic) bond motifs is 1. The van der Waals surface area contributed by atoms with Crippen molar-refractivity contribution >= 4 is 0 Å². The van der Waals surface area contributed by atoms with Crippen molar-refractivity contribution in [2.45, 2.75) is 26.0 Å². The fourth-order valence-electron chi connectivity index (χ4n) is 2.47. The van der Waals surface area contributed by atoms with Crippen LogP contribution in [0.5, 0.6) is 11.5 Å². The summed E-state index contributed by atoms with van der Waals surface area (Å²) in [4.78, 5) is 0. The molecule has 2 heterocycles. The highest BCUT2D eigenvalue weighted by molar-refractivity contribution is 5.45. The Morgan fingerprint density at radius 2 is 2.33 bits per heavy atom. The number of benzene rings is 1. The van der Waals surface area contributed by atoms with Gasteiger partial charge in [0.1, 0.15) is 24.7 Å². The summed E-state index contributed by atoms with van der Waals surface area (Å²) >= 11 is 0. The Balaban J connectivity index is 1.64. The van der Waals surface area contributed by atoms with Crippen LogP contribution in [0.1, 0.15) is 30.6 Å². The van der Waals surface area contributed by atoms with Gasteiger partial charge in [-0.2, -0.15) is 5.10 Å². The van der Waals surface area contributed by atoms with Gasteiger partial charge in [-0.25, -0.2) is 0 Å². The van der Waals surface area contributed by atoms with Gasteiger partial charge in [0.05, 0.1) is 11.7 Å². The highest BCUT2D eigenvalue weighted by atomic mass is 16.5. The van der Waals surface area contributed by atoms with Crippen LogP contribution in [0.3, 0.4) is 0 Å². The maximum absolute atomic E-state index is 5.77. The van der Waals surface area contributed by atoms with E-state index < -0.39 is 0 Å². The molecule has 0 aliphatic carbocycles. The lowest BCUT2D eigenvalue weighted by Gasteiger charge is -2.10. The van der Waals surface area contributed by atoms with Crippen LogP contribution < -0.4 is 14.8 Å². The molecule has 0 radical (unpaired) electrons. The Morgan fingerprint density at radius 3 is 3.10 bits per heavy atom. The van der Waals surface area contributed by atoms with Gasteiger partial charge in [-0.1, -0.05) is 6.92 Å². The fraction of sp³-hybridized carbons (Fsp3) is 0.438. The number of nitrogens with one attached hydrogen (secondary N) is 1. The Bertz CT molecular complexity index is 609. The van der Waals surface area contributed by atoms with Crippen LogP contribution in [-0.4, -0.2) is 22.9 Å². The van der Waals surface area contributed by atoms with E-state index in [1.54, 1.807) is 4.68 Å². The van der Waals surface area contributed by atoms with Crippen molar-refractivity contribution in [2.24, 2.45) is 7.05 Å². The molecule has 3 rings (SSSR count). The first kappa shape index (κ1) is 13.9. The molecule has 0 saturated heterocycles. The topological polar surface area (TPSA) is 48.3 Å². The van der Waals surface area contributed by atoms with Crippen LogP contribution in [-0.2, 0) is 13.7 Å². The molecule has 1 atom stereocenters. The molecule has 1 aliphatic rings. The summed E-state index contributed by atoms with van der Waals surface area (Å²) in [5.41, 5.74) is 2.13. The van der Waals surface area contributed by atoms with Gasteiger partial charge >= 0.3 is 0 Å². The largest absolute Gasteiger partial charge is 0.491 e. The Labute approximate surface area is 124 Å². The number of aromatic nitrogens is 2. The molecule has 1 aromatic heterocycles. The highest BCUT2D eigenvalue weighted by Gasteiger charge is 2.23. The molecule has 0 amide bonds. The van der Waals surface area contributed by atoms with Crippen molar-refractivity contribution in [3.05, 3.63) is 41.7 Å². The Morgan fingerprint density at radius 1 is 1.43 bits per heavy atom. The average Bonchev–Trinajstić information content (AvgIpc) is 3.09. The van der Waals surface area contributed by atoms with E-state index in [4.69, 9.17) is 9.47 Å². The van der Waals surface area contributed by atoms with Crippen LogP contribution in [0.25, 0.3) is 0 Å². The first-order valence-electron chi connectivity index (χ1n) is 7.37. The minimum Gasteiger partial charge on any atom is -0.491 e. The Hall–Kier alpha value is -2.01. The maximum Gasteiger partial charge on any atom is 0.132 e. The predicted octanol–water partition coefficient (Wildman–Crippen LogP) is 2.43.